The van der Waals surface area contributed by atoms with Crippen molar-refractivity contribution in [2.45, 2.75) is 65.8 Å². The van der Waals surface area contributed by atoms with E-state index in [4.69, 9.17) is 4.74 Å². The summed E-state index contributed by atoms with van der Waals surface area (Å²) < 4.78 is 8.05. The molecule has 1 heterocycles. The number of fused-ring (bicyclic) bond motifs is 1. The molecule has 0 radical (unpaired) electrons. The molecular weight excluding hydrogens is 324 g/mol. The molecule has 4 heteroatoms. The van der Waals surface area contributed by atoms with Gasteiger partial charge >= 0.3 is 0 Å². The predicted octanol–water partition coefficient (Wildman–Crippen LogP) is 4.63. The van der Waals surface area contributed by atoms with Crippen LogP contribution in [0.3, 0.4) is 0 Å². The fourth-order valence-electron chi connectivity index (χ4n) is 3.88. The Hall–Kier alpha value is -2.10. The number of Topliss-reactive ketones (excluding diaryl/α,β-unsaturated/α-hetero) is 1. The van der Waals surface area contributed by atoms with Gasteiger partial charge in [-0.1, -0.05) is 20.8 Å². The van der Waals surface area contributed by atoms with Crippen LogP contribution < -0.4 is 4.74 Å². The zero-order valence-corrected chi connectivity index (χ0v) is 16.3. The van der Waals surface area contributed by atoms with E-state index in [0.717, 1.165) is 55.8 Å². The van der Waals surface area contributed by atoms with Crippen molar-refractivity contribution in [2.24, 2.45) is 5.92 Å². The fraction of sp³-hybridized carbons (Fsp3) is 0.545. The summed E-state index contributed by atoms with van der Waals surface area (Å²) in [6.45, 7) is 7.66. The molecule has 1 aliphatic carbocycles. The van der Waals surface area contributed by atoms with Gasteiger partial charge in [-0.2, -0.15) is 0 Å². The second-order valence-corrected chi connectivity index (χ2v) is 7.24. The van der Waals surface area contributed by atoms with Gasteiger partial charge in [0.2, 0.25) is 0 Å². The number of aromatic nitrogens is 2. The normalized spacial score (nSPS) is 14.7. The number of hydrogen-bond donors (Lipinski definition) is 0. The van der Waals surface area contributed by atoms with Crippen molar-refractivity contribution < 1.29 is 9.53 Å². The lowest BCUT2D eigenvalue weighted by Crippen LogP contribution is -2.21. The van der Waals surface area contributed by atoms with Crippen LogP contribution >= 0.6 is 0 Å². The van der Waals surface area contributed by atoms with Crippen LogP contribution in [-0.2, 0) is 25.8 Å². The quantitative estimate of drug-likeness (QED) is 0.649. The Balaban J connectivity index is 1.84. The second kappa shape index (κ2) is 8.52. The Kier molecular flexibility index (Phi) is 6.12. The summed E-state index contributed by atoms with van der Waals surface area (Å²) in [5, 5.41) is 0. The van der Waals surface area contributed by atoms with E-state index in [0.29, 0.717) is 6.54 Å². The summed E-state index contributed by atoms with van der Waals surface area (Å²) in [6.07, 6.45) is 10.0. The Morgan fingerprint density at radius 2 is 2.00 bits per heavy atom. The highest BCUT2D eigenvalue weighted by atomic mass is 16.5. The van der Waals surface area contributed by atoms with Crippen LogP contribution in [0.15, 0.2) is 24.5 Å². The van der Waals surface area contributed by atoms with E-state index in [1.165, 1.54) is 17.5 Å². The summed E-state index contributed by atoms with van der Waals surface area (Å²) in [5.74, 6) is 2.19. The number of ether oxygens (including phenoxy) is 1. The number of carbonyl (C=O) groups is 1. The molecule has 1 aromatic carbocycles. The lowest BCUT2D eigenvalue weighted by molar-refractivity contribution is 0.0916. The van der Waals surface area contributed by atoms with Crippen molar-refractivity contribution in [2.75, 3.05) is 6.61 Å². The van der Waals surface area contributed by atoms with Crippen molar-refractivity contribution in [3.05, 3.63) is 47.0 Å². The van der Waals surface area contributed by atoms with E-state index in [1.54, 1.807) is 0 Å². The minimum Gasteiger partial charge on any atom is -0.493 e. The average molecular weight is 354 g/mol. The van der Waals surface area contributed by atoms with Gasteiger partial charge in [0.15, 0.2) is 5.78 Å². The SMILES string of the molecule is CCCOc1ccc(C(=O)C(C)Cn2ccnc2CC)c2c1CCCC2. The van der Waals surface area contributed by atoms with E-state index in [1.807, 2.05) is 31.5 Å². The van der Waals surface area contributed by atoms with Crippen LogP contribution in [0.5, 0.6) is 5.75 Å². The Morgan fingerprint density at radius 1 is 1.23 bits per heavy atom. The van der Waals surface area contributed by atoms with Gasteiger partial charge in [0.25, 0.3) is 0 Å². The Labute approximate surface area is 156 Å². The van der Waals surface area contributed by atoms with Gasteiger partial charge in [0, 0.05) is 36.8 Å². The molecule has 3 rings (SSSR count). The molecule has 0 fully saturated rings. The molecule has 0 N–H and O–H groups in total. The van der Waals surface area contributed by atoms with E-state index < -0.39 is 0 Å². The Bertz CT molecular complexity index is 763. The van der Waals surface area contributed by atoms with Crippen molar-refractivity contribution in [1.29, 1.82) is 0 Å². The van der Waals surface area contributed by atoms with E-state index in [9.17, 15) is 4.79 Å². The maximum atomic E-state index is 13.2. The van der Waals surface area contributed by atoms with Crippen LogP contribution in [0, 0.1) is 5.92 Å². The smallest absolute Gasteiger partial charge is 0.167 e. The third-order valence-electron chi connectivity index (χ3n) is 5.25. The molecule has 1 aliphatic rings. The molecule has 0 amide bonds. The monoisotopic (exact) mass is 354 g/mol. The summed E-state index contributed by atoms with van der Waals surface area (Å²) in [5.41, 5.74) is 3.39. The van der Waals surface area contributed by atoms with Crippen molar-refractivity contribution in [1.82, 2.24) is 9.55 Å². The van der Waals surface area contributed by atoms with Gasteiger partial charge in [-0.05, 0) is 55.4 Å². The molecule has 1 unspecified atom stereocenters. The van der Waals surface area contributed by atoms with Crippen LogP contribution in [-0.4, -0.2) is 21.9 Å². The molecule has 4 nitrogen and oxygen atoms in total. The van der Waals surface area contributed by atoms with E-state index in [2.05, 4.69) is 23.4 Å². The first-order valence-corrected chi connectivity index (χ1v) is 9.97. The first-order chi connectivity index (χ1) is 12.7. The fourth-order valence-corrected chi connectivity index (χ4v) is 3.88. The third kappa shape index (κ3) is 3.84. The summed E-state index contributed by atoms with van der Waals surface area (Å²) in [6, 6.07) is 4.00. The lowest BCUT2D eigenvalue weighted by Gasteiger charge is -2.23. The zero-order chi connectivity index (χ0) is 18.5. The molecule has 0 bridgehead atoms. The third-order valence-corrected chi connectivity index (χ3v) is 5.25. The van der Waals surface area contributed by atoms with Crippen LogP contribution in [0.25, 0.3) is 0 Å². The summed E-state index contributed by atoms with van der Waals surface area (Å²) >= 11 is 0. The van der Waals surface area contributed by atoms with Gasteiger partial charge in [-0.25, -0.2) is 4.98 Å². The van der Waals surface area contributed by atoms with Crippen molar-refractivity contribution in [3.8, 4) is 5.75 Å². The van der Waals surface area contributed by atoms with Crippen molar-refractivity contribution in [3.63, 3.8) is 0 Å². The number of carbonyl (C=O) groups excluding carboxylic acids is 1. The molecule has 1 atom stereocenters. The highest BCUT2D eigenvalue weighted by Crippen LogP contribution is 2.33. The highest BCUT2D eigenvalue weighted by molar-refractivity contribution is 5.99. The van der Waals surface area contributed by atoms with Gasteiger partial charge in [-0.3, -0.25) is 4.79 Å². The number of imidazole rings is 1. The van der Waals surface area contributed by atoms with Crippen LogP contribution in [0.4, 0.5) is 0 Å². The Morgan fingerprint density at radius 3 is 2.73 bits per heavy atom. The molecule has 0 saturated carbocycles. The van der Waals surface area contributed by atoms with Crippen molar-refractivity contribution >= 4 is 5.78 Å². The number of ketones is 1. The minimum absolute atomic E-state index is 0.0667. The van der Waals surface area contributed by atoms with Gasteiger partial charge in [0.05, 0.1) is 6.61 Å². The maximum absolute atomic E-state index is 13.2. The first-order valence-electron chi connectivity index (χ1n) is 9.97. The van der Waals surface area contributed by atoms with E-state index >= 15 is 0 Å². The average Bonchev–Trinajstić information content (AvgIpc) is 3.12. The molecule has 0 spiro atoms. The summed E-state index contributed by atoms with van der Waals surface area (Å²) in [4.78, 5) is 17.6. The van der Waals surface area contributed by atoms with Crippen LogP contribution in [0.2, 0.25) is 0 Å². The topological polar surface area (TPSA) is 44.1 Å². The van der Waals surface area contributed by atoms with Crippen LogP contribution in [0.1, 0.15) is 67.3 Å². The van der Waals surface area contributed by atoms with Gasteiger partial charge in [-0.15, -0.1) is 0 Å². The van der Waals surface area contributed by atoms with Gasteiger partial charge in [0.1, 0.15) is 11.6 Å². The molecular formula is C22H30N2O2. The second-order valence-electron chi connectivity index (χ2n) is 7.24. The first kappa shape index (κ1) is 18.7. The van der Waals surface area contributed by atoms with Gasteiger partial charge < -0.3 is 9.30 Å². The molecule has 140 valence electrons. The summed E-state index contributed by atoms with van der Waals surface area (Å²) in [7, 11) is 0. The number of benzene rings is 1. The number of rotatable bonds is 8. The maximum Gasteiger partial charge on any atom is 0.167 e. The minimum atomic E-state index is -0.0667. The highest BCUT2D eigenvalue weighted by Gasteiger charge is 2.24. The lowest BCUT2D eigenvalue weighted by atomic mass is 9.84. The molecule has 0 saturated heterocycles. The standard InChI is InChI=1S/C22H30N2O2/c1-4-14-26-20-11-10-19(17-8-6-7-9-18(17)20)22(25)16(3)15-24-13-12-23-21(24)5-2/h10-13,16H,4-9,14-15H2,1-3H3. The number of nitrogens with zero attached hydrogens (tertiary/aromatic N) is 2. The molecule has 1 aromatic heterocycles. The predicted molar refractivity (Wildman–Crippen MR) is 104 cm³/mol. The molecule has 2 aromatic rings. The zero-order valence-electron chi connectivity index (χ0n) is 16.3. The number of aryl methyl sites for hydroxylation is 1. The van der Waals surface area contributed by atoms with E-state index in [-0.39, 0.29) is 11.7 Å². The molecule has 0 aliphatic heterocycles. The largest absolute Gasteiger partial charge is 0.493 e. The molecule has 26 heavy (non-hydrogen) atoms. The number of hydrogen-bond acceptors (Lipinski definition) is 3.